The van der Waals surface area contributed by atoms with Crippen LogP contribution in [0.2, 0.25) is 0 Å². The first kappa shape index (κ1) is 12.2. The third-order valence-electron chi connectivity index (χ3n) is 2.97. The molecule has 0 aliphatic carbocycles. The highest BCUT2D eigenvalue weighted by atomic mass is 32.2. The summed E-state index contributed by atoms with van der Waals surface area (Å²) >= 11 is 0. The molecular weight excluding hydrogens is 238 g/mol. The number of sulfone groups is 1. The van der Waals surface area contributed by atoms with Gasteiger partial charge in [0.15, 0.2) is 15.7 Å². The molecule has 1 aromatic heterocycles. The molecule has 1 aromatic rings. The molecule has 2 N–H and O–H groups in total. The molecule has 0 aromatic carbocycles. The highest BCUT2D eigenvalue weighted by molar-refractivity contribution is 7.91. The number of nitrogens with zero attached hydrogens (tertiary/aromatic N) is 2. The Balaban J connectivity index is 2.29. The summed E-state index contributed by atoms with van der Waals surface area (Å²) in [5.74, 6) is 1.03. The fourth-order valence-corrected chi connectivity index (χ4v) is 3.69. The summed E-state index contributed by atoms with van der Waals surface area (Å²) in [6, 6.07) is 1.78. The van der Waals surface area contributed by atoms with Gasteiger partial charge in [-0.25, -0.2) is 13.4 Å². The Morgan fingerprint density at radius 1 is 1.53 bits per heavy atom. The summed E-state index contributed by atoms with van der Waals surface area (Å²) in [4.78, 5) is 6.27. The molecule has 0 amide bonds. The van der Waals surface area contributed by atoms with E-state index in [-0.39, 0.29) is 17.5 Å². The molecular formula is C11H17N3O2S. The number of anilines is 2. The van der Waals surface area contributed by atoms with Gasteiger partial charge in [-0.1, -0.05) is 0 Å². The number of aromatic nitrogens is 1. The lowest BCUT2D eigenvalue weighted by Gasteiger charge is -2.34. The van der Waals surface area contributed by atoms with E-state index in [2.05, 4.69) is 4.98 Å². The molecule has 2 rings (SSSR count). The number of aryl methyl sites for hydroxylation is 1. The van der Waals surface area contributed by atoms with Crippen molar-refractivity contribution in [3.63, 3.8) is 0 Å². The second-order valence-corrected chi connectivity index (χ2v) is 6.81. The van der Waals surface area contributed by atoms with Gasteiger partial charge in [-0.2, -0.15) is 0 Å². The third kappa shape index (κ3) is 2.52. The van der Waals surface area contributed by atoms with Gasteiger partial charge in [0, 0.05) is 18.8 Å². The molecule has 17 heavy (non-hydrogen) atoms. The SMILES string of the molecule is Cc1cnc(N2CCS(=O)(=O)CC2C)c(N)c1. The smallest absolute Gasteiger partial charge is 0.154 e. The van der Waals surface area contributed by atoms with Crippen molar-refractivity contribution >= 4 is 21.3 Å². The lowest BCUT2D eigenvalue weighted by Crippen LogP contribution is -2.47. The second-order valence-electron chi connectivity index (χ2n) is 4.58. The van der Waals surface area contributed by atoms with Crippen molar-refractivity contribution in [1.82, 2.24) is 4.98 Å². The molecule has 1 aliphatic heterocycles. The zero-order valence-corrected chi connectivity index (χ0v) is 10.9. The summed E-state index contributed by atoms with van der Waals surface area (Å²) in [7, 11) is -2.90. The number of hydrogen-bond acceptors (Lipinski definition) is 5. The van der Waals surface area contributed by atoms with Crippen molar-refractivity contribution < 1.29 is 8.42 Å². The van der Waals surface area contributed by atoms with Gasteiger partial charge in [-0.15, -0.1) is 0 Å². The van der Waals surface area contributed by atoms with Gasteiger partial charge in [0.25, 0.3) is 0 Å². The van der Waals surface area contributed by atoms with E-state index in [1.807, 2.05) is 24.8 Å². The minimum Gasteiger partial charge on any atom is -0.396 e. The highest BCUT2D eigenvalue weighted by Gasteiger charge is 2.29. The molecule has 0 spiro atoms. The number of rotatable bonds is 1. The van der Waals surface area contributed by atoms with Crippen LogP contribution in [0.5, 0.6) is 0 Å². The minimum atomic E-state index is -2.90. The minimum absolute atomic E-state index is 0.0775. The van der Waals surface area contributed by atoms with Crippen LogP contribution in [0.4, 0.5) is 11.5 Å². The van der Waals surface area contributed by atoms with Gasteiger partial charge >= 0.3 is 0 Å². The molecule has 5 nitrogen and oxygen atoms in total. The lowest BCUT2D eigenvalue weighted by atomic mass is 10.2. The second kappa shape index (κ2) is 4.18. The quantitative estimate of drug-likeness (QED) is 0.795. The normalized spacial score (nSPS) is 23.6. The fraction of sp³-hybridized carbons (Fsp3) is 0.545. The predicted molar refractivity (Wildman–Crippen MR) is 68.8 cm³/mol. The Hall–Kier alpha value is -1.30. The molecule has 0 bridgehead atoms. The van der Waals surface area contributed by atoms with Crippen LogP contribution in [0.3, 0.4) is 0 Å². The average Bonchev–Trinajstić information content (AvgIpc) is 2.18. The van der Waals surface area contributed by atoms with E-state index < -0.39 is 9.84 Å². The molecule has 1 aliphatic rings. The van der Waals surface area contributed by atoms with Gasteiger partial charge in [0.2, 0.25) is 0 Å². The zero-order chi connectivity index (χ0) is 12.6. The largest absolute Gasteiger partial charge is 0.396 e. The number of nitrogen functional groups attached to an aromatic ring is 1. The van der Waals surface area contributed by atoms with E-state index >= 15 is 0 Å². The van der Waals surface area contributed by atoms with Crippen molar-refractivity contribution in [1.29, 1.82) is 0 Å². The molecule has 1 unspecified atom stereocenters. The van der Waals surface area contributed by atoms with Gasteiger partial charge < -0.3 is 10.6 Å². The van der Waals surface area contributed by atoms with Crippen LogP contribution >= 0.6 is 0 Å². The first-order chi connectivity index (χ1) is 7.89. The molecule has 0 saturated carbocycles. The van der Waals surface area contributed by atoms with Crippen molar-refractivity contribution in [2.24, 2.45) is 0 Å². The van der Waals surface area contributed by atoms with Gasteiger partial charge in [-0.05, 0) is 25.5 Å². The van der Waals surface area contributed by atoms with Crippen LogP contribution in [0.25, 0.3) is 0 Å². The Labute approximate surface area is 102 Å². The molecule has 0 radical (unpaired) electrons. The van der Waals surface area contributed by atoms with E-state index in [0.29, 0.717) is 18.1 Å². The first-order valence-corrected chi connectivity index (χ1v) is 7.40. The maximum Gasteiger partial charge on any atom is 0.154 e. The van der Waals surface area contributed by atoms with Gasteiger partial charge in [0.05, 0.1) is 17.2 Å². The Bertz CT molecular complexity index is 528. The Morgan fingerprint density at radius 3 is 2.82 bits per heavy atom. The molecule has 2 heterocycles. The molecule has 6 heteroatoms. The predicted octanol–water partition coefficient (Wildman–Crippen LogP) is 0.596. The summed E-state index contributed by atoms with van der Waals surface area (Å²) in [6.45, 7) is 4.28. The van der Waals surface area contributed by atoms with Crippen molar-refractivity contribution in [3.05, 3.63) is 17.8 Å². The number of hydrogen-bond donors (Lipinski definition) is 1. The van der Waals surface area contributed by atoms with Crippen molar-refractivity contribution in [2.75, 3.05) is 28.7 Å². The number of nitrogens with two attached hydrogens (primary N) is 1. The third-order valence-corrected chi connectivity index (χ3v) is 4.77. The Kier molecular flexibility index (Phi) is 2.99. The van der Waals surface area contributed by atoms with Crippen LogP contribution in [0.15, 0.2) is 12.3 Å². The van der Waals surface area contributed by atoms with Crippen LogP contribution in [-0.4, -0.2) is 37.5 Å². The molecule has 94 valence electrons. The van der Waals surface area contributed by atoms with Crippen molar-refractivity contribution in [3.8, 4) is 0 Å². The van der Waals surface area contributed by atoms with E-state index in [1.165, 1.54) is 0 Å². The van der Waals surface area contributed by atoms with E-state index in [0.717, 1.165) is 5.56 Å². The monoisotopic (exact) mass is 255 g/mol. The summed E-state index contributed by atoms with van der Waals surface area (Å²) in [6.07, 6.45) is 1.75. The molecule has 1 atom stereocenters. The summed E-state index contributed by atoms with van der Waals surface area (Å²) in [5, 5.41) is 0. The standard InChI is InChI=1S/C11H17N3O2S/c1-8-5-10(12)11(13-6-8)14-3-4-17(15,16)7-9(14)2/h5-6,9H,3-4,7,12H2,1-2H3. The fourth-order valence-electron chi connectivity index (χ4n) is 2.14. The molecule has 1 saturated heterocycles. The van der Waals surface area contributed by atoms with Crippen LogP contribution < -0.4 is 10.6 Å². The topological polar surface area (TPSA) is 76.3 Å². The van der Waals surface area contributed by atoms with E-state index in [4.69, 9.17) is 5.73 Å². The Morgan fingerprint density at radius 2 is 2.24 bits per heavy atom. The van der Waals surface area contributed by atoms with Crippen molar-refractivity contribution in [2.45, 2.75) is 19.9 Å². The average molecular weight is 255 g/mol. The number of pyridine rings is 1. The van der Waals surface area contributed by atoms with Gasteiger partial charge in [0.1, 0.15) is 0 Å². The lowest BCUT2D eigenvalue weighted by molar-refractivity contribution is 0.567. The van der Waals surface area contributed by atoms with E-state index in [1.54, 1.807) is 6.20 Å². The van der Waals surface area contributed by atoms with Crippen LogP contribution in [0.1, 0.15) is 12.5 Å². The highest BCUT2D eigenvalue weighted by Crippen LogP contribution is 2.25. The maximum absolute atomic E-state index is 11.5. The van der Waals surface area contributed by atoms with Gasteiger partial charge in [-0.3, -0.25) is 0 Å². The van der Waals surface area contributed by atoms with Crippen LogP contribution in [-0.2, 0) is 9.84 Å². The maximum atomic E-state index is 11.5. The first-order valence-electron chi connectivity index (χ1n) is 5.58. The summed E-state index contributed by atoms with van der Waals surface area (Å²) in [5.41, 5.74) is 7.54. The summed E-state index contributed by atoms with van der Waals surface area (Å²) < 4.78 is 23.0. The van der Waals surface area contributed by atoms with E-state index in [9.17, 15) is 8.42 Å². The van der Waals surface area contributed by atoms with Crippen LogP contribution in [0, 0.1) is 6.92 Å². The molecule has 1 fully saturated rings. The zero-order valence-electron chi connectivity index (χ0n) is 10.0.